The first-order valence-electron chi connectivity index (χ1n) is 8.80. The monoisotopic (exact) mass is 424 g/mol. The van der Waals surface area contributed by atoms with Crippen molar-refractivity contribution >= 4 is 22.4 Å². The van der Waals surface area contributed by atoms with Crippen LogP contribution in [0.1, 0.15) is 11.1 Å². The molecule has 3 aromatic carbocycles. The number of pyridine rings is 1. The van der Waals surface area contributed by atoms with Gasteiger partial charge in [0.15, 0.2) is 0 Å². The zero-order valence-electron chi connectivity index (χ0n) is 15.2. The molecule has 0 aliphatic rings. The highest BCUT2D eigenvalue weighted by Gasteiger charge is 2.36. The van der Waals surface area contributed by atoms with Gasteiger partial charge in [0.05, 0.1) is 11.3 Å². The Morgan fingerprint density at radius 2 is 1.67 bits per heavy atom. The minimum atomic E-state index is -4.76. The first-order valence-corrected chi connectivity index (χ1v) is 9.18. The molecular weight excluding hydrogens is 413 g/mol. The van der Waals surface area contributed by atoms with Crippen LogP contribution in [0.2, 0.25) is 5.02 Å². The SMILES string of the molecule is N#Cc1c(C(F)(F)F)cc(-c2cccc(Cl)c2)nc1Oc1ccc2ccccc2c1. The summed E-state index contributed by atoms with van der Waals surface area (Å²) in [6, 6.07) is 21.2. The molecule has 30 heavy (non-hydrogen) atoms. The van der Waals surface area contributed by atoms with Crippen molar-refractivity contribution in [2.24, 2.45) is 0 Å². The predicted octanol–water partition coefficient (Wildman–Crippen LogP) is 7.24. The lowest BCUT2D eigenvalue weighted by molar-refractivity contribution is -0.137. The Balaban J connectivity index is 1.88. The molecule has 4 aromatic rings. The van der Waals surface area contributed by atoms with Crippen LogP contribution in [0, 0.1) is 11.3 Å². The number of alkyl halides is 3. The number of ether oxygens (including phenoxy) is 1. The largest absolute Gasteiger partial charge is 0.438 e. The number of nitriles is 1. The van der Waals surface area contributed by atoms with Crippen molar-refractivity contribution in [3.63, 3.8) is 0 Å². The molecule has 4 rings (SSSR count). The molecule has 0 unspecified atom stereocenters. The molecule has 148 valence electrons. The Kier molecular flexibility index (Phi) is 5.06. The van der Waals surface area contributed by atoms with Crippen LogP contribution in [-0.2, 0) is 6.18 Å². The van der Waals surface area contributed by atoms with Crippen LogP contribution in [0.4, 0.5) is 13.2 Å². The normalized spacial score (nSPS) is 11.3. The number of aromatic nitrogens is 1. The van der Waals surface area contributed by atoms with E-state index in [2.05, 4.69) is 4.98 Å². The molecule has 0 amide bonds. The van der Waals surface area contributed by atoms with Crippen LogP contribution in [0.15, 0.2) is 72.8 Å². The minimum Gasteiger partial charge on any atom is -0.438 e. The van der Waals surface area contributed by atoms with Gasteiger partial charge >= 0.3 is 6.18 Å². The van der Waals surface area contributed by atoms with Crippen LogP contribution in [0.3, 0.4) is 0 Å². The molecule has 0 aliphatic carbocycles. The second kappa shape index (κ2) is 7.69. The summed E-state index contributed by atoms with van der Waals surface area (Å²) in [5, 5.41) is 11.6. The summed E-state index contributed by atoms with van der Waals surface area (Å²) in [6.45, 7) is 0. The van der Waals surface area contributed by atoms with Gasteiger partial charge in [-0.05, 0) is 41.1 Å². The molecule has 0 N–H and O–H groups in total. The van der Waals surface area contributed by atoms with E-state index < -0.39 is 23.2 Å². The molecular formula is C23H12ClF3N2O. The molecule has 3 nitrogen and oxygen atoms in total. The maximum absolute atomic E-state index is 13.7. The third kappa shape index (κ3) is 3.93. The fraction of sp³-hybridized carbons (Fsp3) is 0.0435. The lowest BCUT2D eigenvalue weighted by Crippen LogP contribution is -2.10. The highest BCUT2D eigenvalue weighted by Crippen LogP contribution is 2.39. The lowest BCUT2D eigenvalue weighted by atomic mass is 10.0. The number of fused-ring (bicyclic) bond motifs is 1. The van der Waals surface area contributed by atoms with E-state index in [4.69, 9.17) is 16.3 Å². The van der Waals surface area contributed by atoms with E-state index in [1.807, 2.05) is 24.3 Å². The molecule has 0 radical (unpaired) electrons. The van der Waals surface area contributed by atoms with E-state index in [0.717, 1.165) is 16.8 Å². The first-order chi connectivity index (χ1) is 14.3. The van der Waals surface area contributed by atoms with Gasteiger partial charge in [-0.2, -0.15) is 18.4 Å². The number of hydrogen-bond donors (Lipinski definition) is 0. The number of benzene rings is 3. The van der Waals surface area contributed by atoms with Crippen molar-refractivity contribution in [3.8, 4) is 29.0 Å². The van der Waals surface area contributed by atoms with Crippen LogP contribution in [0.5, 0.6) is 11.6 Å². The molecule has 0 saturated heterocycles. The Bertz CT molecular complexity index is 1300. The van der Waals surface area contributed by atoms with Crippen LogP contribution < -0.4 is 4.74 Å². The summed E-state index contributed by atoms with van der Waals surface area (Å²) >= 11 is 5.97. The summed E-state index contributed by atoms with van der Waals surface area (Å²) in [5.74, 6) is -0.147. The molecule has 0 saturated carbocycles. The van der Waals surface area contributed by atoms with Gasteiger partial charge in [0.2, 0.25) is 5.88 Å². The van der Waals surface area contributed by atoms with E-state index in [-0.39, 0.29) is 11.4 Å². The summed E-state index contributed by atoms with van der Waals surface area (Å²) in [7, 11) is 0. The fourth-order valence-electron chi connectivity index (χ4n) is 3.07. The van der Waals surface area contributed by atoms with Crippen molar-refractivity contribution in [2.45, 2.75) is 6.18 Å². The zero-order chi connectivity index (χ0) is 21.3. The Morgan fingerprint density at radius 1 is 0.900 bits per heavy atom. The molecule has 7 heteroatoms. The minimum absolute atomic E-state index is 0.000357. The van der Waals surface area contributed by atoms with Crippen molar-refractivity contribution in [1.82, 2.24) is 4.98 Å². The van der Waals surface area contributed by atoms with Gasteiger partial charge in [-0.1, -0.05) is 54.1 Å². The maximum atomic E-state index is 13.7. The zero-order valence-corrected chi connectivity index (χ0v) is 16.0. The summed E-state index contributed by atoms with van der Waals surface area (Å²) in [4.78, 5) is 4.20. The molecule has 0 aliphatic heterocycles. The first kappa shape index (κ1) is 19.7. The number of rotatable bonds is 3. The van der Waals surface area contributed by atoms with Gasteiger partial charge in [0, 0.05) is 10.6 Å². The molecule has 0 spiro atoms. The van der Waals surface area contributed by atoms with Crippen LogP contribution >= 0.6 is 11.6 Å². The van der Waals surface area contributed by atoms with Gasteiger partial charge in [-0.15, -0.1) is 0 Å². The Morgan fingerprint density at radius 3 is 2.37 bits per heavy atom. The Hall–Kier alpha value is -3.56. The third-order valence-corrected chi connectivity index (χ3v) is 4.69. The molecule has 1 aromatic heterocycles. The molecule has 0 fully saturated rings. The fourth-order valence-corrected chi connectivity index (χ4v) is 3.26. The van der Waals surface area contributed by atoms with Crippen LogP contribution in [-0.4, -0.2) is 4.98 Å². The highest BCUT2D eigenvalue weighted by atomic mass is 35.5. The van der Waals surface area contributed by atoms with E-state index in [0.29, 0.717) is 10.6 Å². The lowest BCUT2D eigenvalue weighted by Gasteiger charge is -2.15. The molecule has 0 atom stereocenters. The van der Waals surface area contributed by atoms with Gasteiger partial charge in [0.1, 0.15) is 17.4 Å². The summed E-state index contributed by atoms with van der Waals surface area (Å²) < 4.78 is 46.7. The topological polar surface area (TPSA) is 45.9 Å². The van der Waals surface area contributed by atoms with Crippen molar-refractivity contribution in [1.29, 1.82) is 5.26 Å². The average Bonchev–Trinajstić information content (AvgIpc) is 2.72. The molecule has 0 bridgehead atoms. The quantitative estimate of drug-likeness (QED) is 0.348. The standard InChI is InChI=1S/C23H12ClF3N2O/c24-17-7-3-6-16(10-17)21-12-20(23(25,26)27)19(13-28)22(29-21)30-18-9-8-14-4-1-2-5-15(14)11-18/h1-12H. The van der Waals surface area contributed by atoms with E-state index in [9.17, 15) is 18.4 Å². The highest BCUT2D eigenvalue weighted by molar-refractivity contribution is 6.30. The summed E-state index contributed by atoms with van der Waals surface area (Å²) in [5.41, 5.74) is -1.42. The smallest absolute Gasteiger partial charge is 0.417 e. The maximum Gasteiger partial charge on any atom is 0.417 e. The van der Waals surface area contributed by atoms with Gasteiger partial charge < -0.3 is 4.74 Å². The summed E-state index contributed by atoms with van der Waals surface area (Å²) in [6.07, 6.45) is -4.76. The van der Waals surface area contributed by atoms with Gasteiger partial charge in [-0.25, -0.2) is 4.98 Å². The Labute approximate surface area is 174 Å². The number of hydrogen-bond acceptors (Lipinski definition) is 3. The van der Waals surface area contributed by atoms with E-state index in [1.54, 1.807) is 42.5 Å². The van der Waals surface area contributed by atoms with Crippen molar-refractivity contribution in [2.75, 3.05) is 0 Å². The average molecular weight is 425 g/mol. The van der Waals surface area contributed by atoms with Gasteiger partial charge in [-0.3, -0.25) is 0 Å². The molecule has 1 heterocycles. The third-order valence-electron chi connectivity index (χ3n) is 4.46. The van der Waals surface area contributed by atoms with Crippen molar-refractivity contribution < 1.29 is 17.9 Å². The number of halogens is 4. The van der Waals surface area contributed by atoms with E-state index >= 15 is 0 Å². The van der Waals surface area contributed by atoms with Crippen LogP contribution in [0.25, 0.3) is 22.0 Å². The van der Waals surface area contributed by atoms with Gasteiger partial charge in [0.25, 0.3) is 0 Å². The second-order valence-corrected chi connectivity index (χ2v) is 6.90. The van der Waals surface area contributed by atoms with E-state index in [1.165, 1.54) is 6.07 Å². The predicted molar refractivity (Wildman–Crippen MR) is 108 cm³/mol. The van der Waals surface area contributed by atoms with Crippen molar-refractivity contribution in [3.05, 3.63) is 88.9 Å². The number of nitrogens with zero attached hydrogens (tertiary/aromatic N) is 2. The second-order valence-electron chi connectivity index (χ2n) is 6.47.